The fourth-order valence-corrected chi connectivity index (χ4v) is 5.44. The summed E-state index contributed by atoms with van der Waals surface area (Å²) in [6, 6.07) is 16.5. The van der Waals surface area contributed by atoms with Crippen LogP contribution in [-0.4, -0.2) is 17.7 Å². The van der Waals surface area contributed by atoms with Crippen LogP contribution in [0.1, 0.15) is 74.7 Å². The van der Waals surface area contributed by atoms with E-state index in [4.69, 9.17) is 16.3 Å². The van der Waals surface area contributed by atoms with Crippen LogP contribution in [0.5, 0.6) is 0 Å². The number of fused-ring (bicyclic) bond motifs is 1. The number of aliphatic carboxylic acids is 1. The van der Waals surface area contributed by atoms with E-state index in [9.17, 15) is 9.90 Å². The van der Waals surface area contributed by atoms with Crippen molar-refractivity contribution in [3.8, 4) is 11.1 Å². The molecule has 1 aliphatic carbocycles. The van der Waals surface area contributed by atoms with Gasteiger partial charge in [-0.3, -0.25) is 0 Å². The molecule has 3 aromatic carbocycles. The third-order valence-electron chi connectivity index (χ3n) is 7.17. The summed E-state index contributed by atoms with van der Waals surface area (Å²) in [5, 5.41) is 13.0. The van der Waals surface area contributed by atoms with Gasteiger partial charge in [0.15, 0.2) is 6.10 Å². The number of carboxylic acid groups (broad SMARTS) is 1. The molecule has 0 amide bonds. The maximum atomic E-state index is 12.4. The normalized spacial score (nSPS) is 15.1. The highest BCUT2D eigenvalue weighted by Gasteiger charge is 2.28. The van der Waals surface area contributed by atoms with Gasteiger partial charge in [-0.1, -0.05) is 87.0 Å². The summed E-state index contributed by atoms with van der Waals surface area (Å²) >= 11 is 6.20. The molecule has 0 bridgehead atoms. The number of benzene rings is 3. The highest BCUT2D eigenvalue weighted by molar-refractivity contribution is 6.30. The topological polar surface area (TPSA) is 46.5 Å². The molecule has 180 valence electrons. The van der Waals surface area contributed by atoms with Crippen molar-refractivity contribution < 1.29 is 14.6 Å². The van der Waals surface area contributed by atoms with Crippen molar-refractivity contribution in [1.29, 1.82) is 0 Å². The summed E-state index contributed by atoms with van der Waals surface area (Å²) in [5.74, 6) is -0.116. The van der Waals surface area contributed by atoms with Crippen LogP contribution in [0.25, 0.3) is 21.9 Å². The molecule has 0 radical (unpaired) electrons. The molecule has 1 aliphatic rings. The zero-order chi connectivity index (χ0) is 24.1. The van der Waals surface area contributed by atoms with Crippen molar-refractivity contribution in [2.24, 2.45) is 5.92 Å². The second-order valence-corrected chi connectivity index (χ2v) is 10.1. The quantitative estimate of drug-likeness (QED) is 0.297. The Balaban J connectivity index is 1.84. The molecule has 0 heterocycles. The zero-order valence-electron chi connectivity index (χ0n) is 20.3. The molecule has 3 aromatic rings. The molecule has 4 rings (SSSR count). The Kier molecular flexibility index (Phi) is 8.28. The molecule has 0 aromatic heterocycles. The molecular formula is C30H35ClO3. The Morgan fingerprint density at radius 3 is 2.53 bits per heavy atom. The fourth-order valence-electron chi connectivity index (χ4n) is 5.31. The Labute approximate surface area is 208 Å². The lowest BCUT2D eigenvalue weighted by Crippen LogP contribution is -2.18. The third kappa shape index (κ3) is 5.64. The van der Waals surface area contributed by atoms with Crippen molar-refractivity contribution in [2.75, 3.05) is 6.61 Å². The molecule has 3 nitrogen and oxygen atoms in total. The molecule has 0 saturated heterocycles. The summed E-state index contributed by atoms with van der Waals surface area (Å²) in [7, 11) is 0. The minimum Gasteiger partial charge on any atom is -0.479 e. The van der Waals surface area contributed by atoms with E-state index >= 15 is 0 Å². The Hall–Kier alpha value is -2.36. The van der Waals surface area contributed by atoms with Crippen LogP contribution in [0.2, 0.25) is 5.02 Å². The highest BCUT2D eigenvalue weighted by Crippen LogP contribution is 2.40. The van der Waals surface area contributed by atoms with Gasteiger partial charge in [-0.2, -0.15) is 0 Å². The van der Waals surface area contributed by atoms with Crippen LogP contribution >= 0.6 is 11.6 Å². The molecule has 1 fully saturated rings. The summed E-state index contributed by atoms with van der Waals surface area (Å²) in [6.45, 7) is 4.49. The largest absolute Gasteiger partial charge is 0.479 e. The smallest absolute Gasteiger partial charge is 0.337 e. The Morgan fingerprint density at radius 1 is 1.12 bits per heavy atom. The lowest BCUT2D eigenvalue weighted by Gasteiger charge is -2.23. The van der Waals surface area contributed by atoms with Gasteiger partial charge in [0.05, 0.1) is 0 Å². The van der Waals surface area contributed by atoms with Gasteiger partial charge in [0.25, 0.3) is 0 Å². The average Bonchev–Trinajstić information content (AvgIpc) is 3.34. The lowest BCUT2D eigenvalue weighted by atomic mass is 9.86. The number of unbranched alkanes of at least 4 members (excludes halogenated alkanes) is 1. The van der Waals surface area contributed by atoms with Gasteiger partial charge < -0.3 is 9.84 Å². The van der Waals surface area contributed by atoms with E-state index in [-0.39, 0.29) is 0 Å². The predicted molar refractivity (Wildman–Crippen MR) is 141 cm³/mol. The molecule has 0 spiro atoms. The van der Waals surface area contributed by atoms with Crippen LogP contribution in [0, 0.1) is 12.8 Å². The predicted octanol–water partition coefficient (Wildman–Crippen LogP) is 8.53. The number of halogens is 1. The summed E-state index contributed by atoms with van der Waals surface area (Å²) in [6.07, 6.45) is 8.47. The van der Waals surface area contributed by atoms with Crippen molar-refractivity contribution in [1.82, 2.24) is 0 Å². The Bertz CT molecular complexity index is 1130. The molecule has 1 atom stereocenters. The van der Waals surface area contributed by atoms with Crippen molar-refractivity contribution in [3.05, 3.63) is 70.2 Å². The van der Waals surface area contributed by atoms with Crippen molar-refractivity contribution in [3.63, 3.8) is 0 Å². The first-order valence-corrected chi connectivity index (χ1v) is 13.0. The zero-order valence-corrected chi connectivity index (χ0v) is 21.0. The first-order valence-electron chi connectivity index (χ1n) is 12.6. The van der Waals surface area contributed by atoms with Crippen molar-refractivity contribution in [2.45, 2.75) is 71.3 Å². The van der Waals surface area contributed by atoms with Crippen molar-refractivity contribution >= 4 is 28.3 Å². The summed E-state index contributed by atoms with van der Waals surface area (Å²) in [4.78, 5) is 12.4. The summed E-state index contributed by atoms with van der Waals surface area (Å²) < 4.78 is 5.97. The number of aryl methyl sites for hydroxylation is 2. The van der Waals surface area contributed by atoms with E-state index in [1.54, 1.807) is 0 Å². The monoisotopic (exact) mass is 478 g/mol. The number of carbonyl (C=O) groups is 1. The van der Waals surface area contributed by atoms with E-state index in [0.29, 0.717) is 11.6 Å². The number of carboxylic acids is 1. The van der Waals surface area contributed by atoms with E-state index in [1.807, 2.05) is 31.2 Å². The van der Waals surface area contributed by atoms with Crippen LogP contribution < -0.4 is 0 Å². The summed E-state index contributed by atoms with van der Waals surface area (Å²) in [5.41, 5.74) is 4.89. The van der Waals surface area contributed by atoms with Crippen LogP contribution in [0.4, 0.5) is 0 Å². The first-order chi connectivity index (χ1) is 16.5. The third-order valence-corrected chi connectivity index (χ3v) is 7.42. The fraction of sp³-hybridized carbons (Fsp3) is 0.433. The van der Waals surface area contributed by atoms with E-state index in [0.717, 1.165) is 58.2 Å². The van der Waals surface area contributed by atoms with Gasteiger partial charge in [0.2, 0.25) is 0 Å². The van der Waals surface area contributed by atoms with Gasteiger partial charge in [0.1, 0.15) is 0 Å². The second-order valence-electron chi connectivity index (χ2n) is 9.68. The van der Waals surface area contributed by atoms with Gasteiger partial charge in [-0.15, -0.1) is 0 Å². The van der Waals surface area contributed by atoms with Crippen LogP contribution in [-0.2, 0) is 16.0 Å². The number of hydrogen-bond donors (Lipinski definition) is 1. The Morgan fingerprint density at radius 2 is 1.85 bits per heavy atom. The lowest BCUT2D eigenvalue weighted by molar-refractivity contribution is -0.151. The molecule has 4 heteroatoms. The minimum atomic E-state index is -1.01. The number of rotatable bonds is 10. The number of hydrogen-bond acceptors (Lipinski definition) is 2. The van der Waals surface area contributed by atoms with Crippen LogP contribution in [0.3, 0.4) is 0 Å². The maximum absolute atomic E-state index is 12.4. The molecule has 1 N–H and O–H groups in total. The van der Waals surface area contributed by atoms with E-state index in [1.165, 1.54) is 37.7 Å². The molecule has 1 saturated carbocycles. The van der Waals surface area contributed by atoms with Gasteiger partial charge in [0, 0.05) is 17.2 Å². The van der Waals surface area contributed by atoms with E-state index < -0.39 is 12.1 Å². The molecule has 1 unspecified atom stereocenters. The maximum Gasteiger partial charge on any atom is 0.337 e. The van der Waals surface area contributed by atoms with E-state index in [2.05, 4.69) is 31.2 Å². The first kappa shape index (κ1) is 24.8. The standard InChI is InChI=1S/C30H35ClO3/c1-3-4-17-34-29(30(32)33)27-20(2)18-24-12-11-22(10-9-21-7-5-6-8-21)19-26(24)28(27)23-13-15-25(31)16-14-23/h11-16,18-19,21,29H,3-10,17H2,1-2H3,(H,32,33). The number of ether oxygens (including phenoxy) is 1. The molecular weight excluding hydrogens is 444 g/mol. The van der Waals surface area contributed by atoms with Gasteiger partial charge in [-0.05, 0) is 77.3 Å². The van der Waals surface area contributed by atoms with Crippen LogP contribution in [0.15, 0.2) is 48.5 Å². The molecule has 34 heavy (non-hydrogen) atoms. The average molecular weight is 479 g/mol. The minimum absolute atomic E-state index is 0.423. The molecule has 0 aliphatic heterocycles. The van der Waals surface area contributed by atoms with Gasteiger partial charge >= 0.3 is 5.97 Å². The SMILES string of the molecule is CCCCOC(C(=O)O)c1c(C)cc2ccc(CCC3CCCC3)cc2c1-c1ccc(Cl)cc1. The second kappa shape index (κ2) is 11.4. The van der Waals surface area contributed by atoms with Gasteiger partial charge in [-0.25, -0.2) is 4.79 Å². The highest BCUT2D eigenvalue weighted by atomic mass is 35.5.